The quantitative estimate of drug-likeness (QED) is 0.719. The summed E-state index contributed by atoms with van der Waals surface area (Å²) >= 11 is 0. The van der Waals surface area contributed by atoms with E-state index in [1.807, 2.05) is 47.9 Å². The number of ether oxygens (including phenoxy) is 1. The van der Waals surface area contributed by atoms with Gasteiger partial charge in [0, 0.05) is 23.5 Å². The lowest BCUT2D eigenvalue weighted by Gasteiger charge is -2.07. The summed E-state index contributed by atoms with van der Waals surface area (Å²) in [6.07, 6.45) is 3.58. The van der Waals surface area contributed by atoms with E-state index in [1.165, 1.54) is 0 Å². The standard InChI is InChI=1S/C20H17N3O3/c1-14-6-2-3-7-16(14)20(25)22-11-19(24)26-13-15-12-23-9-5-4-8-18(23)17(15)10-21/h2-9,12H,11,13H2,1H3,(H,22,25). The van der Waals surface area contributed by atoms with E-state index in [9.17, 15) is 14.9 Å². The normalized spacial score (nSPS) is 10.3. The van der Waals surface area contributed by atoms with E-state index in [4.69, 9.17) is 4.74 Å². The van der Waals surface area contributed by atoms with Crippen molar-refractivity contribution in [2.75, 3.05) is 6.54 Å². The second kappa shape index (κ2) is 7.53. The number of aryl methyl sites for hydroxylation is 1. The van der Waals surface area contributed by atoms with Gasteiger partial charge in [-0.1, -0.05) is 24.3 Å². The number of carbonyl (C=O) groups is 2. The Morgan fingerprint density at radius 2 is 1.96 bits per heavy atom. The second-order valence-corrected chi connectivity index (χ2v) is 5.79. The molecule has 6 heteroatoms. The molecule has 0 fully saturated rings. The molecule has 0 aliphatic rings. The Labute approximate surface area is 150 Å². The number of rotatable bonds is 5. The highest BCUT2D eigenvalue weighted by Crippen LogP contribution is 2.18. The number of hydrogen-bond donors (Lipinski definition) is 1. The van der Waals surface area contributed by atoms with E-state index in [0.29, 0.717) is 16.7 Å². The van der Waals surface area contributed by atoms with Crippen LogP contribution in [0.4, 0.5) is 0 Å². The Balaban J connectivity index is 1.59. The third-order valence-electron chi connectivity index (χ3n) is 4.05. The summed E-state index contributed by atoms with van der Waals surface area (Å²) in [6.45, 7) is 1.57. The van der Waals surface area contributed by atoms with Crippen LogP contribution in [0.25, 0.3) is 5.52 Å². The number of hydrogen-bond acceptors (Lipinski definition) is 4. The molecule has 26 heavy (non-hydrogen) atoms. The van der Waals surface area contributed by atoms with Crippen LogP contribution in [0.5, 0.6) is 0 Å². The summed E-state index contributed by atoms with van der Waals surface area (Å²) in [6, 6.07) is 14.8. The van der Waals surface area contributed by atoms with Gasteiger partial charge in [-0.25, -0.2) is 0 Å². The molecule has 3 rings (SSSR count). The molecule has 2 aromatic heterocycles. The van der Waals surface area contributed by atoms with Crippen LogP contribution in [0.15, 0.2) is 54.9 Å². The smallest absolute Gasteiger partial charge is 0.325 e. The maximum absolute atomic E-state index is 12.1. The van der Waals surface area contributed by atoms with Crippen LogP contribution in [0.1, 0.15) is 27.0 Å². The van der Waals surface area contributed by atoms with E-state index in [-0.39, 0.29) is 19.1 Å². The molecule has 130 valence electrons. The number of aromatic nitrogens is 1. The first-order valence-corrected chi connectivity index (χ1v) is 8.08. The van der Waals surface area contributed by atoms with Crippen molar-refractivity contribution >= 4 is 17.4 Å². The number of nitriles is 1. The zero-order chi connectivity index (χ0) is 18.5. The average molecular weight is 347 g/mol. The molecule has 0 radical (unpaired) electrons. The van der Waals surface area contributed by atoms with Crippen molar-refractivity contribution in [2.45, 2.75) is 13.5 Å². The molecular weight excluding hydrogens is 330 g/mol. The van der Waals surface area contributed by atoms with Gasteiger partial charge in [-0.2, -0.15) is 5.26 Å². The minimum atomic E-state index is -0.564. The molecule has 1 aromatic carbocycles. The third kappa shape index (κ3) is 3.57. The fraction of sp³-hybridized carbons (Fsp3) is 0.150. The fourth-order valence-electron chi connectivity index (χ4n) is 2.70. The van der Waals surface area contributed by atoms with Crippen molar-refractivity contribution in [2.24, 2.45) is 0 Å². The monoisotopic (exact) mass is 347 g/mol. The first kappa shape index (κ1) is 17.2. The van der Waals surface area contributed by atoms with Crippen LogP contribution in [0, 0.1) is 18.3 Å². The zero-order valence-electron chi connectivity index (χ0n) is 14.2. The van der Waals surface area contributed by atoms with Gasteiger partial charge in [-0.05, 0) is 30.7 Å². The summed E-state index contributed by atoms with van der Waals surface area (Å²) in [7, 11) is 0. The molecule has 6 nitrogen and oxygen atoms in total. The summed E-state index contributed by atoms with van der Waals surface area (Å²) in [5.41, 5.74) is 3.21. The van der Waals surface area contributed by atoms with Gasteiger partial charge in [0.1, 0.15) is 19.2 Å². The number of amides is 1. The topological polar surface area (TPSA) is 83.6 Å². The maximum Gasteiger partial charge on any atom is 0.325 e. The lowest BCUT2D eigenvalue weighted by molar-refractivity contribution is -0.143. The van der Waals surface area contributed by atoms with Crippen molar-refractivity contribution in [1.29, 1.82) is 5.26 Å². The Morgan fingerprint density at radius 3 is 2.73 bits per heavy atom. The second-order valence-electron chi connectivity index (χ2n) is 5.79. The number of benzene rings is 1. The van der Waals surface area contributed by atoms with Crippen molar-refractivity contribution < 1.29 is 14.3 Å². The molecule has 0 saturated heterocycles. The van der Waals surface area contributed by atoms with Gasteiger partial charge >= 0.3 is 5.97 Å². The maximum atomic E-state index is 12.1. The van der Waals surface area contributed by atoms with Gasteiger partial charge < -0.3 is 14.5 Å². The predicted octanol–water partition coefficient (Wildman–Crippen LogP) is 2.59. The molecule has 2 heterocycles. The van der Waals surface area contributed by atoms with E-state index >= 15 is 0 Å². The Kier molecular flexibility index (Phi) is 4.99. The van der Waals surface area contributed by atoms with Crippen molar-refractivity contribution in [3.05, 3.63) is 77.1 Å². The molecule has 0 unspecified atom stereocenters. The first-order chi connectivity index (χ1) is 12.6. The lowest BCUT2D eigenvalue weighted by atomic mass is 10.1. The zero-order valence-corrected chi connectivity index (χ0v) is 14.2. The molecule has 0 saturated carbocycles. The predicted molar refractivity (Wildman–Crippen MR) is 95.4 cm³/mol. The number of fused-ring (bicyclic) bond motifs is 1. The highest BCUT2D eigenvalue weighted by molar-refractivity contribution is 5.97. The molecular formula is C20H17N3O3. The number of nitrogens with zero attached hydrogens (tertiary/aromatic N) is 2. The number of carbonyl (C=O) groups excluding carboxylic acids is 2. The van der Waals surface area contributed by atoms with Crippen molar-refractivity contribution in [3.63, 3.8) is 0 Å². The van der Waals surface area contributed by atoms with Gasteiger partial charge in [0.2, 0.25) is 0 Å². The van der Waals surface area contributed by atoms with Crippen LogP contribution < -0.4 is 5.32 Å². The first-order valence-electron chi connectivity index (χ1n) is 8.08. The van der Waals surface area contributed by atoms with Crippen LogP contribution >= 0.6 is 0 Å². The van der Waals surface area contributed by atoms with Gasteiger partial charge in [0.05, 0.1) is 11.1 Å². The highest BCUT2D eigenvalue weighted by atomic mass is 16.5. The minimum absolute atomic E-state index is 0.0242. The van der Waals surface area contributed by atoms with Gasteiger partial charge in [0.25, 0.3) is 5.91 Å². The van der Waals surface area contributed by atoms with Crippen molar-refractivity contribution in [3.8, 4) is 6.07 Å². The average Bonchev–Trinajstić information content (AvgIpc) is 3.02. The van der Waals surface area contributed by atoms with E-state index in [1.54, 1.807) is 18.3 Å². The Morgan fingerprint density at radius 1 is 1.19 bits per heavy atom. The van der Waals surface area contributed by atoms with Crippen molar-refractivity contribution in [1.82, 2.24) is 9.72 Å². The van der Waals surface area contributed by atoms with E-state index in [2.05, 4.69) is 11.4 Å². The molecule has 0 spiro atoms. The minimum Gasteiger partial charge on any atom is -0.459 e. The largest absolute Gasteiger partial charge is 0.459 e. The van der Waals surface area contributed by atoms with Crippen LogP contribution in [0.3, 0.4) is 0 Å². The van der Waals surface area contributed by atoms with Gasteiger partial charge in [-0.15, -0.1) is 0 Å². The fourth-order valence-corrected chi connectivity index (χ4v) is 2.70. The molecule has 3 aromatic rings. The summed E-state index contributed by atoms with van der Waals surface area (Å²) in [5, 5.41) is 11.9. The SMILES string of the molecule is Cc1ccccc1C(=O)NCC(=O)OCc1cn2ccccc2c1C#N. The third-order valence-corrected chi connectivity index (χ3v) is 4.05. The van der Waals surface area contributed by atoms with Gasteiger partial charge in [0.15, 0.2) is 0 Å². The molecule has 1 N–H and O–H groups in total. The molecule has 0 aliphatic heterocycles. The van der Waals surface area contributed by atoms with E-state index < -0.39 is 5.97 Å². The number of esters is 1. The molecule has 0 bridgehead atoms. The highest BCUT2D eigenvalue weighted by Gasteiger charge is 2.14. The summed E-state index contributed by atoms with van der Waals surface area (Å²) in [4.78, 5) is 24.0. The van der Waals surface area contributed by atoms with Crippen LogP contribution in [0.2, 0.25) is 0 Å². The molecule has 0 aliphatic carbocycles. The molecule has 1 amide bonds. The Hall–Kier alpha value is -3.59. The number of pyridine rings is 1. The molecule has 0 atom stereocenters. The Bertz CT molecular complexity index is 1010. The van der Waals surface area contributed by atoms with E-state index in [0.717, 1.165) is 11.1 Å². The summed E-state index contributed by atoms with van der Waals surface area (Å²) in [5.74, 6) is -0.890. The lowest BCUT2D eigenvalue weighted by Crippen LogP contribution is -2.31. The number of nitrogens with one attached hydrogen (secondary N) is 1. The summed E-state index contributed by atoms with van der Waals surface area (Å²) < 4.78 is 7.01. The van der Waals surface area contributed by atoms with Crippen LogP contribution in [-0.4, -0.2) is 22.8 Å². The van der Waals surface area contributed by atoms with Crippen LogP contribution in [-0.2, 0) is 16.1 Å². The van der Waals surface area contributed by atoms with Gasteiger partial charge in [-0.3, -0.25) is 9.59 Å².